The number of aromatic nitrogens is 2. The molecule has 0 fully saturated rings. The first-order valence-electron chi connectivity index (χ1n) is 2.59. The quantitative estimate of drug-likeness (QED) is 0.790. The smallest absolute Gasteiger partial charge is 0.185 e. The zero-order valence-electron chi connectivity index (χ0n) is 5.49. The first-order valence-corrected chi connectivity index (χ1v) is 5.58. The minimum Gasteiger partial charge on any atom is -0.185 e. The second-order valence-corrected chi connectivity index (χ2v) is 5.80. The van der Waals surface area contributed by atoms with Crippen LogP contribution in [0.2, 0.25) is 0 Å². The normalized spacial score (nSPS) is 12.3. The van der Waals surface area contributed by atoms with E-state index in [1.54, 1.807) is 0 Å². The van der Waals surface area contributed by atoms with Gasteiger partial charge in [0, 0.05) is 0 Å². The molecule has 1 aromatic rings. The molecular formula is C3H4BrN3O2S3. The predicted octanol–water partition coefficient (Wildman–Crippen LogP) is 0.730. The number of halogens is 1. The third-order valence-electron chi connectivity index (χ3n) is 0.991. The Labute approximate surface area is 89.1 Å². The van der Waals surface area contributed by atoms with Crippen molar-refractivity contribution in [1.29, 1.82) is 0 Å². The summed E-state index contributed by atoms with van der Waals surface area (Å²) >= 11 is 10.1. The van der Waals surface area contributed by atoms with Crippen molar-refractivity contribution < 1.29 is 8.42 Å². The van der Waals surface area contributed by atoms with Gasteiger partial charge in [-0.1, -0.05) is 28.7 Å². The highest BCUT2D eigenvalue weighted by atomic mass is 79.9. The summed E-state index contributed by atoms with van der Waals surface area (Å²) in [5.74, 6) is 0. The fraction of sp³-hybridized carbons (Fsp3) is 0. The van der Waals surface area contributed by atoms with Crippen molar-refractivity contribution in [3.63, 3.8) is 0 Å². The Hall–Kier alpha value is 0.300. The molecule has 5 nitrogen and oxygen atoms in total. The maximum atomic E-state index is 11.3. The van der Waals surface area contributed by atoms with Crippen molar-refractivity contribution in [3.05, 3.63) is 16.9 Å². The lowest BCUT2D eigenvalue weighted by Gasteiger charge is -2.08. The molecule has 1 aromatic heterocycles. The molecule has 0 aliphatic heterocycles. The molecule has 0 aliphatic carbocycles. The molecule has 0 spiro atoms. The molecule has 12 heavy (non-hydrogen) atoms. The molecule has 0 bridgehead atoms. The summed E-state index contributed by atoms with van der Waals surface area (Å²) < 4.78 is 24.1. The standard InChI is InChI=1S/C3H4BrN3O2S3/c4-3-1-2-5-6(3)12(8,9)7(10)11/h1-2,10-11H. The van der Waals surface area contributed by atoms with Gasteiger partial charge in [-0.2, -0.15) is 13.5 Å². The molecule has 68 valence electrons. The van der Waals surface area contributed by atoms with Crippen LogP contribution in [0.1, 0.15) is 0 Å². The average molecular weight is 290 g/mol. The van der Waals surface area contributed by atoms with Crippen molar-refractivity contribution in [3.8, 4) is 0 Å². The molecule has 1 heterocycles. The van der Waals surface area contributed by atoms with Crippen LogP contribution in [0, 0.1) is 0 Å². The van der Waals surface area contributed by atoms with Crippen LogP contribution in [-0.2, 0) is 10.2 Å². The minimum atomic E-state index is -3.74. The number of nitrogens with zero attached hydrogens (tertiary/aromatic N) is 3. The second kappa shape index (κ2) is 3.58. The van der Waals surface area contributed by atoms with E-state index in [1.807, 2.05) is 0 Å². The van der Waals surface area contributed by atoms with E-state index >= 15 is 0 Å². The number of thiol groups is 2. The third kappa shape index (κ3) is 1.79. The Morgan fingerprint density at radius 2 is 2.17 bits per heavy atom. The molecule has 9 heteroatoms. The van der Waals surface area contributed by atoms with Crippen molar-refractivity contribution in [2.45, 2.75) is 0 Å². The Kier molecular flexibility index (Phi) is 3.10. The second-order valence-electron chi connectivity index (χ2n) is 1.73. The van der Waals surface area contributed by atoms with Gasteiger partial charge in [0.25, 0.3) is 0 Å². The van der Waals surface area contributed by atoms with Crippen LogP contribution in [0.15, 0.2) is 16.9 Å². The number of hydrogen-bond acceptors (Lipinski definition) is 5. The van der Waals surface area contributed by atoms with Crippen LogP contribution in [0.25, 0.3) is 0 Å². The molecule has 0 N–H and O–H groups in total. The summed E-state index contributed by atoms with van der Waals surface area (Å²) in [5, 5.41) is 3.55. The Morgan fingerprint density at radius 3 is 2.50 bits per heavy atom. The SMILES string of the molecule is O=S(=O)(N(S)S)n1nccc1Br. The fourth-order valence-corrected chi connectivity index (χ4v) is 2.28. The fourth-order valence-electron chi connectivity index (χ4n) is 0.513. The Morgan fingerprint density at radius 1 is 1.58 bits per heavy atom. The molecule has 0 aliphatic rings. The molecule has 0 atom stereocenters. The molecule has 0 unspecified atom stereocenters. The molecule has 0 amide bonds. The summed E-state index contributed by atoms with van der Waals surface area (Å²) in [6.07, 6.45) is 1.34. The summed E-state index contributed by atoms with van der Waals surface area (Å²) in [6, 6.07) is 1.49. The van der Waals surface area contributed by atoms with Gasteiger partial charge in [-0.05, 0) is 22.0 Å². The van der Waals surface area contributed by atoms with E-state index in [4.69, 9.17) is 0 Å². The van der Waals surface area contributed by atoms with Crippen LogP contribution in [0.4, 0.5) is 0 Å². The van der Waals surface area contributed by atoms with Gasteiger partial charge in [-0.3, -0.25) is 0 Å². The monoisotopic (exact) mass is 289 g/mol. The number of hydrogen-bond donors (Lipinski definition) is 2. The molecule has 0 saturated carbocycles. The Balaban J connectivity index is 3.24. The van der Waals surface area contributed by atoms with Crippen molar-refractivity contribution in [2.24, 2.45) is 0 Å². The van der Waals surface area contributed by atoms with Gasteiger partial charge in [0.15, 0.2) is 0 Å². The maximum Gasteiger partial charge on any atom is 0.342 e. The van der Waals surface area contributed by atoms with E-state index in [0.717, 1.165) is 4.09 Å². The van der Waals surface area contributed by atoms with E-state index in [1.165, 1.54) is 12.3 Å². The third-order valence-corrected chi connectivity index (χ3v) is 4.21. The van der Waals surface area contributed by atoms with Crippen molar-refractivity contribution in [2.75, 3.05) is 0 Å². The minimum absolute atomic E-state index is 0.315. The molecule has 0 radical (unpaired) electrons. The molecular weight excluding hydrogens is 286 g/mol. The first kappa shape index (κ1) is 10.4. The van der Waals surface area contributed by atoms with Crippen LogP contribution >= 0.6 is 41.6 Å². The van der Waals surface area contributed by atoms with E-state index in [-0.39, 0.29) is 0 Å². The van der Waals surface area contributed by atoms with Crippen LogP contribution < -0.4 is 0 Å². The highest BCUT2D eigenvalue weighted by molar-refractivity contribution is 9.10. The van der Waals surface area contributed by atoms with Crippen LogP contribution in [-0.4, -0.2) is 20.7 Å². The van der Waals surface area contributed by atoms with Gasteiger partial charge in [0.1, 0.15) is 4.60 Å². The van der Waals surface area contributed by atoms with E-state index in [0.29, 0.717) is 7.72 Å². The lowest BCUT2D eigenvalue weighted by atomic mass is 10.8. The Bertz CT molecular complexity index is 372. The zero-order chi connectivity index (χ0) is 9.35. The predicted molar refractivity (Wildman–Crippen MR) is 54.1 cm³/mol. The first-order chi connectivity index (χ1) is 5.46. The summed E-state index contributed by atoms with van der Waals surface area (Å²) in [7, 11) is -3.74. The molecule has 0 saturated heterocycles. The highest BCUT2D eigenvalue weighted by Gasteiger charge is 2.20. The van der Waals surface area contributed by atoms with E-state index in [2.05, 4.69) is 46.7 Å². The van der Waals surface area contributed by atoms with Gasteiger partial charge in [-0.15, -0.1) is 4.09 Å². The highest BCUT2D eigenvalue weighted by Crippen LogP contribution is 2.16. The number of rotatable bonds is 2. The van der Waals surface area contributed by atoms with Gasteiger partial charge < -0.3 is 0 Å². The van der Waals surface area contributed by atoms with Gasteiger partial charge in [0.05, 0.1) is 6.20 Å². The van der Waals surface area contributed by atoms with Gasteiger partial charge in [-0.25, -0.2) is 0 Å². The molecule has 0 aromatic carbocycles. The zero-order valence-corrected chi connectivity index (χ0v) is 9.68. The van der Waals surface area contributed by atoms with Crippen molar-refractivity contribution >= 4 is 51.8 Å². The van der Waals surface area contributed by atoms with Crippen molar-refractivity contribution in [1.82, 2.24) is 12.3 Å². The summed E-state index contributed by atoms with van der Waals surface area (Å²) in [5.41, 5.74) is 0. The van der Waals surface area contributed by atoms with Gasteiger partial charge in [0.2, 0.25) is 0 Å². The van der Waals surface area contributed by atoms with Crippen LogP contribution in [0.5, 0.6) is 0 Å². The summed E-state index contributed by atoms with van der Waals surface area (Å²) in [6.45, 7) is 0. The van der Waals surface area contributed by atoms with E-state index in [9.17, 15) is 8.42 Å². The average Bonchev–Trinajstić information content (AvgIpc) is 2.35. The topological polar surface area (TPSA) is 55.2 Å². The lowest BCUT2D eigenvalue weighted by molar-refractivity contribution is 0.565. The van der Waals surface area contributed by atoms with Gasteiger partial charge >= 0.3 is 10.2 Å². The molecule has 1 rings (SSSR count). The lowest BCUT2D eigenvalue weighted by Crippen LogP contribution is -2.22. The van der Waals surface area contributed by atoms with Crippen LogP contribution in [0.3, 0.4) is 0 Å². The van der Waals surface area contributed by atoms with E-state index < -0.39 is 10.2 Å². The summed E-state index contributed by atoms with van der Waals surface area (Å²) in [4.78, 5) is 0. The largest absolute Gasteiger partial charge is 0.342 e. The maximum absolute atomic E-state index is 11.3.